The van der Waals surface area contributed by atoms with Crippen LogP contribution in [0.1, 0.15) is 59.8 Å². The maximum Gasteiger partial charge on any atom is 0.00643 e. The molecule has 2 nitrogen and oxygen atoms in total. The summed E-state index contributed by atoms with van der Waals surface area (Å²) in [6, 6.07) is 1.42. The average molecular weight is 228 g/mol. The largest absolute Gasteiger partial charge is 0.314 e. The van der Waals surface area contributed by atoms with Crippen molar-refractivity contribution in [3.63, 3.8) is 0 Å². The summed E-state index contributed by atoms with van der Waals surface area (Å²) < 4.78 is 0. The molecule has 0 aromatic rings. The molecule has 0 fully saturated rings. The Hall–Kier alpha value is -0.0800. The molecule has 0 aliphatic carbocycles. The van der Waals surface area contributed by atoms with Gasteiger partial charge in [-0.25, -0.2) is 0 Å². The summed E-state index contributed by atoms with van der Waals surface area (Å²) in [6.07, 6.45) is 6.49. The molecule has 0 amide bonds. The van der Waals surface area contributed by atoms with Crippen LogP contribution >= 0.6 is 0 Å². The van der Waals surface area contributed by atoms with E-state index in [1.165, 1.54) is 45.2 Å². The summed E-state index contributed by atoms with van der Waals surface area (Å²) in [6.45, 7) is 11.5. The number of nitrogens with zero attached hydrogens (tertiary/aromatic N) is 1. The lowest BCUT2D eigenvalue weighted by atomic mass is 10.1. The lowest BCUT2D eigenvalue weighted by molar-refractivity contribution is 0.267. The maximum absolute atomic E-state index is 3.65. The van der Waals surface area contributed by atoms with Gasteiger partial charge in [0.15, 0.2) is 0 Å². The zero-order valence-corrected chi connectivity index (χ0v) is 12.1. The van der Waals surface area contributed by atoms with Crippen LogP contribution in [-0.4, -0.2) is 37.1 Å². The van der Waals surface area contributed by atoms with Crippen LogP contribution in [0.3, 0.4) is 0 Å². The first-order valence-electron chi connectivity index (χ1n) is 7.05. The minimum atomic E-state index is 0.677. The van der Waals surface area contributed by atoms with E-state index in [9.17, 15) is 0 Å². The fourth-order valence-corrected chi connectivity index (χ4v) is 1.85. The molecule has 0 bridgehead atoms. The molecule has 0 aromatic heterocycles. The third-order valence-electron chi connectivity index (χ3n) is 3.38. The van der Waals surface area contributed by atoms with E-state index in [1.54, 1.807) is 0 Å². The van der Waals surface area contributed by atoms with Gasteiger partial charge in [0.05, 0.1) is 0 Å². The molecule has 1 atom stereocenters. The molecular formula is C14H32N2. The van der Waals surface area contributed by atoms with Crippen molar-refractivity contribution in [1.82, 2.24) is 10.2 Å². The molecule has 0 saturated carbocycles. The maximum atomic E-state index is 3.65. The molecule has 98 valence electrons. The number of hydrogen-bond donors (Lipinski definition) is 1. The number of hydrogen-bond acceptors (Lipinski definition) is 2. The summed E-state index contributed by atoms with van der Waals surface area (Å²) in [5.41, 5.74) is 0. The van der Waals surface area contributed by atoms with Crippen molar-refractivity contribution >= 4 is 0 Å². The van der Waals surface area contributed by atoms with Gasteiger partial charge in [0.2, 0.25) is 0 Å². The Bertz CT molecular complexity index is 146. The minimum absolute atomic E-state index is 0.677. The molecule has 2 heteroatoms. The molecule has 16 heavy (non-hydrogen) atoms. The monoisotopic (exact) mass is 228 g/mol. The molecule has 1 N–H and O–H groups in total. The Morgan fingerprint density at radius 1 is 1.12 bits per heavy atom. The first-order chi connectivity index (χ1) is 7.61. The molecular weight excluding hydrogens is 196 g/mol. The molecule has 0 heterocycles. The minimum Gasteiger partial charge on any atom is -0.314 e. The predicted molar refractivity (Wildman–Crippen MR) is 74.0 cm³/mol. The third-order valence-corrected chi connectivity index (χ3v) is 3.38. The van der Waals surface area contributed by atoms with Gasteiger partial charge in [0, 0.05) is 12.1 Å². The van der Waals surface area contributed by atoms with Gasteiger partial charge < -0.3 is 10.2 Å². The summed E-state index contributed by atoms with van der Waals surface area (Å²) in [4.78, 5) is 2.42. The smallest absolute Gasteiger partial charge is 0.00643 e. The Morgan fingerprint density at radius 2 is 1.81 bits per heavy atom. The van der Waals surface area contributed by atoms with Crippen molar-refractivity contribution in [1.29, 1.82) is 0 Å². The zero-order chi connectivity index (χ0) is 12.4. The second-order valence-corrected chi connectivity index (χ2v) is 5.13. The van der Waals surface area contributed by atoms with E-state index >= 15 is 0 Å². The first kappa shape index (κ1) is 15.9. The Balaban J connectivity index is 3.38. The van der Waals surface area contributed by atoms with Gasteiger partial charge in [0.25, 0.3) is 0 Å². The van der Waals surface area contributed by atoms with E-state index in [1.807, 2.05) is 0 Å². The van der Waals surface area contributed by atoms with Crippen LogP contribution < -0.4 is 5.32 Å². The topological polar surface area (TPSA) is 15.3 Å². The van der Waals surface area contributed by atoms with E-state index < -0.39 is 0 Å². The van der Waals surface area contributed by atoms with Crippen LogP contribution in [0.2, 0.25) is 0 Å². The van der Waals surface area contributed by atoms with Crippen LogP contribution in [0, 0.1) is 0 Å². The summed E-state index contributed by atoms with van der Waals surface area (Å²) in [7, 11) is 2.21. The normalized spacial score (nSPS) is 13.7. The zero-order valence-electron chi connectivity index (χ0n) is 12.1. The predicted octanol–water partition coefficient (Wildman–Crippen LogP) is 3.28. The molecule has 0 aromatic carbocycles. The number of rotatable bonds is 10. The van der Waals surface area contributed by atoms with Gasteiger partial charge in [-0.05, 0) is 59.7 Å². The molecule has 0 aliphatic heterocycles. The van der Waals surface area contributed by atoms with Crippen LogP contribution in [0.25, 0.3) is 0 Å². The van der Waals surface area contributed by atoms with Crippen molar-refractivity contribution in [2.45, 2.75) is 71.9 Å². The summed E-state index contributed by atoms with van der Waals surface area (Å²) >= 11 is 0. The van der Waals surface area contributed by atoms with Gasteiger partial charge in [-0.2, -0.15) is 0 Å². The van der Waals surface area contributed by atoms with Gasteiger partial charge in [-0.3, -0.25) is 0 Å². The summed E-state index contributed by atoms with van der Waals surface area (Å²) in [5, 5.41) is 3.65. The molecule has 0 radical (unpaired) electrons. The van der Waals surface area contributed by atoms with Crippen molar-refractivity contribution in [2.75, 3.05) is 20.1 Å². The fourth-order valence-electron chi connectivity index (χ4n) is 1.85. The number of nitrogens with one attached hydrogen (secondary N) is 1. The average Bonchev–Trinajstić information content (AvgIpc) is 2.26. The van der Waals surface area contributed by atoms with Gasteiger partial charge in [0.1, 0.15) is 0 Å². The van der Waals surface area contributed by atoms with Crippen LogP contribution in [0.15, 0.2) is 0 Å². The van der Waals surface area contributed by atoms with E-state index in [-0.39, 0.29) is 0 Å². The fraction of sp³-hybridized carbons (Fsp3) is 1.00. The van der Waals surface area contributed by atoms with E-state index in [0.29, 0.717) is 6.04 Å². The SMILES string of the molecule is CCCC(CC)NCCCCN(C)C(C)C. The first-order valence-corrected chi connectivity index (χ1v) is 7.05. The van der Waals surface area contributed by atoms with Gasteiger partial charge >= 0.3 is 0 Å². The van der Waals surface area contributed by atoms with Crippen molar-refractivity contribution in [3.05, 3.63) is 0 Å². The van der Waals surface area contributed by atoms with Crippen molar-refractivity contribution in [3.8, 4) is 0 Å². The van der Waals surface area contributed by atoms with Crippen LogP contribution in [-0.2, 0) is 0 Å². The third kappa shape index (κ3) is 8.12. The van der Waals surface area contributed by atoms with Crippen molar-refractivity contribution < 1.29 is 0 Å². The van der Waals surface area contributed by atoms with Crippen LogP contribution in [0.5, 0.6) is 0 Å². The molecule has 0 aliphatic rings. The molecule has 0 spiro atoms. The molecule has 1 unspecified atom stereocenters. The highest BCUT2D eigenvalue weighted by Gasteiger charge is 2.04. The lowest BCUT2D eigenvalue weighted by Gasteiger charge is -2.21. The Morgan fingerprint density at radius 3 is 2.31 bits per heavy atom. The molecule has 0 rings (SSSR count). The van der Waals surface area contributed by atoms with Crippen molar-refractivity contribution in [2.24, 2.45) is 0 Å². The molecule has 0 saturated heterocycles. The highest BCUT2D eigenvalue weighted by Crippen LogP contribution is 2.02. The quantitative estimate of drug-likeness (QED) is 0.577. The van der Waals surface area contributed by atoms with E-state index in [0.717, 1.165) is 6.04 Å². The standard InChI is InChI=1S/C14H32N2/c1-6-10-14(7-2)15-11-8-9-12-16(5)13(3)4/h13-15H,6-12H2,1-5H3. The summed E-state index contributed by atoms with van der Waals surface area (Å²) in [5.74, 6) is 0. The second kappa shape index (κ2) is 10.1. The van der Waals surface area contributed by atoms with E-state index in [4.69, 9.17) is 0 Å². The van der Waals surface area contributed by atoms with Gasteiger partial charge in [-0.1, -0.05) is 20.3 Å². The number of unbranched alkanes of at least 4 members (excludes halogenated alkanes) is 1. The highest BCUT2D eigenvalue weighted by atomic mass is 15.1. The Labute approximate surface area is 103 Å². The second-order valence-electron chi connectivity index (χ2n) is 5.13. The lowest BCUT2D eigenvalue weighted by Crippen LogP contribution is -2.31. The van der Waals surface area contributed by atoms with E-state index in [2.05, 4.69) is 45.0 Å². The highest BCUT2D eigenvalue weighted by molar-refractivity contribution is 4.64. The van der Waals surface area contributed by atoms with Crippen LogP contribution in [0.4, 0.5) is 0 Å². The van der Waals surface area contributed by atoms with Gasteiger partial charge in [-0.15, -0.1) is 0 Å². The Kier molecular flexibility index (Phi) is 10.0.